The average molecular weight is 768 g/mol. The van der Waals surface area contributed by atoms with E-state index in [9.17, 15) is 19.2 Å². The van der Waals surface area contributed by atoms with Crippen molar-refractivity contribution in [2.45, 2.75) is 142 Å². The molecule has 3 aliphatic heterocycles. The highest BCUT2D eigenvalue weighted by Crippen LogP contribution is 2.42. The zero-order valence-electron chi connectivity index (χ0n) is 34.5. The van der Waals surface area contributed by atoms with Gasteiger partial charge in [-0.3, -0.25) is 14.6 Å². The molecule has 0 aliphatic carbocycles. The highest BCUT2D eigenvalue weighted by Gasteiger charge is 2.60. The van der Waals surface area contributed by atoms with Crippen molar-refractivity contribution in [2.75, 3.05) is 20.6 Å². The Labute approximate surface area is 326 Å². The molecule has 1 aromatic heterocycles. The third kappa shape index (κ3) is 8.61. The molecule has 3 fully saturated rings. The minimum absolute atomic E-state index is 0.0805. The lowest BCUT2D eigenvalue weighted by Gasteiger charge is -2.45. The summed E-state index contributed by atoms with van der Waals surface area (Å²) < 4.78 is 41.3. The number of Topliss-reactive ketones (excluding diaryl/α,β-unsaturated/α-hetero) is 2. The second-order valence-corrected chi connectivity index (χ2v) is 17.2. The maximum atomic E-state index is 16.6. The zero-order valence-corrected chi connectivity index (χ0v) is 34.5. The van der Waals surface area contributed by atoms with Gasteiger partial charge in [-0.15, -0.1) is 0 Å². The molecule has 1 aromatic carbocycles. The summed E-state index contributed by atoms with van der Waals surface area (Å²) in [4.78, 5) is 64.0. The van der Waals surface area contributed by atoms with Gasteiger partial charge in [0.1, 0.15) is 11.9 Å². The third-order valence-corrected chi connectivity index (χ3v) is 12.8. The number of aryl methyl sites for hydroxylation is 1. The molecule has 0 saturated carbocycles. The number of ether oxygens (including phenoxy) is 4. The van der Waals surface area contributed by atoms with Gasteiger partial charge in [-0.2, -0.15) is 0 Å². The average Bonchev–Trinajstić information content (AvgIpc) is 3.40. The van der Waals surface area contributed by atoms with E-state index in [4.69, 9.17) is 18.9 Å². The molecule has 1 unspecified atom stereocenters. The molecule has 2 aromatic rings. The van der Waals surface area contributed by atoms with Crippen molar-refractivity contribution in [3.05, 3.63) is 42.1 Å². The van der Waals surface area contributed by atoms with E-state index in [0.717, 1.165) is 42.7 Å². The Balaban J connectivity index is 1.42. The Morgan fingerprint density at radius 2 is 1.64 bits per heavy atom. The minimum Gasteiger partial charge on any atom is -0.456 e. The second-order valence-electron chi connectivity index (χ2n) is 17.2. The van der Waals surface area contributed by atoms with Gasteiger partial charge in [0.15, 0.2) is 17.7 Å². The number of benzene rings is 1. The number of amides is 1. The molecule has 4 heterocycles. The van der Waals surface area contributed by atoms with Gasteiger partial charge in [-0.05, 0) is 97.5 Å². The van der Waals surface area contributed by atoms with Crippen LogP contribution in [0.3, 0.4) is 0 Å². The Bertz CT molecular complexity index is 1710. The van der Waals surface area contributed by atoms with Gasteiger partial charge in [0.05, 0.1) is 23.8 Å². The van der Waals surface area contributed by atoms with E-state index in [1.54, 1.807) is 31.9 Å². The summed E-state index contributed by atoms with van der Waals surface area (Å²) in [6, 6.07) is 9.28. The number of unbranched alkanes of at least 4 members (excludes halogenated alkanes) is 1. The number of pyridine rings is 1. The summed E-state index contributed by atoms with van der Waals surface area (Å²) >= 11 is 0. The highest BCUT2D eigenvalue weighted by atomic mass is 19.1. The molecule has 3 aliphatic rings. The van der Waals surface area contributed by atoms with Crippen LogP contribution in [-0.4, -0.2) is 107 Å². The summed E-state index contributed by atoms with van der Waals surface area (Å²) in [6.07, 6.45) is 1.50. The van der Waals surface area contributed by atoms with Crippen molar-refractivity contribution in [1.82, 2.24) is 14.8 Å². The topological polar surface area (TPSA) is 125 Å². The molecule has 12 heteroatoms. The van der Waals surface area contributed by atoms with Crippen LogP contribution in [0.2, 0.25) is 0 Å². The number of alkyl halides is 1. The van der Waals surface area contributed by atoms with Crippen molar-refractivity contribution < 1.29 is 42.5 Å². The number of carbonyl (C=O) groups excluding carboxylic acids is 4. The molecular formula is C43H62FN3O8. The number of cyclic esters (lactones) is 1. The van der Waals surface area contributed by atoms with Crippen LogP contribution in [0.4, 0.5) is 9.18 Å². The molecule has 55 heavy (non-hydrogen) atoms. The van der Waals surface area contributed by atoms with E-state index in [2.05, 4.69) is 9.88 Å². The number of para-hydroxylation sites is 1. The van der Waals surface area contributed by atoms with Crippen LogP contribution in [0.1, 0.15) is 93.6 Å². The van der Waals surface area contributed by atoms with E-state index in [1.807, 2.05) is 72.1 Å². The van der Waals surface area contributed by atoms with Gasteiger partial charge in [0.2, 0.25) is 0 Å². The first-order chi connectivity index (χ1) is 25.8. The van der Waals surface area contributed by atoms with Crippen molar-refractivity contribution >= 4 is 34.5 Å². The fourth-order valence-corrected chi connectivity index (χ4v) is 9.38. The largest absolute Gasteiger partial charge is 0.456 e. The normalized spacial score (nSPS) is 38.1. The van der Waals surface area contributed by atoms with E-state index in [0.29, 0.717) is 19.4 Å². The van der Waals surface area contributed by atoms with Crippen LogP contribution in [0.15, 0.2) is 36.5 Å². The van der Waals surface area contributed by atoms with Gasteiger partial charge in [-0.1, -0.05) is 52.8 Å². The number of ketones is 2. The number of carbonyl (C=O) groups is 4. The standard InChI is InChI=1S/C43H62FN3O8/c1-24-22-25(2)36(54-39-27(4)34(46(10)11)23-26(3)52-39)29(6)38(49)42(8,44)40(50)53-30(7)43(9)37(28(5)35(24)48)47(41(51)55-43)21-15-14-16-31-19-20-45-33-18-13-12-17-32(31)33/h12-13,17-20,24-30,34,36-37,39H,14-16,21-23H2,1-11H3/t24-,25+,26-,27-,28+,29-,30-,34+,36+,37?,39+,42+,43-/m1/s1. The van der Waals surface area contributed by atoms with Gasteiger partial charge in [0.25, 0.3) is 5.67 Å². The SMILES string of the molecule is C[C@H]1[C@H](O[C@H]2[C@@H](C)C[C@@H](C)C(=O)[C@H](C)C3N(CCCCc4ccnc5ccccc45)C(=O)O[C@]3(C)[C@@H](C)OC(=O)[C@@](C)(F)C(=O)[C@@H]2C)O[C@H](C)C[C@@H]1N(C)C. The first-order valence-corrected chi connectivity index (χ1v) is 20.1. The van der Waals surface area contributed by atoms with Crippen LogP contribution in [0, 0.1) is 29.6 Å². The predicted molar refractivity (Wildman–Crippen MR) is 207 cm³/mol. The molecule has 1 amide bonds. The second kappa shape index (κ2) is 16.9. The van der Waals surface area contributed by atoms with Crippen molar-refractivity contribution in [3.8, 4) is 0 Å². The molecule has 0 spiro atoms. The lowest BCUT2D eigenvalue weighted by Crippen LogP contribution is -2.58. The van der Waals surface area contributed by atoms with Crippen LogP contribution >= 0.6 is 0 Å². The lowest BCUT2D eigenvalue weighted by atomic mass is 9.75. The Morgan fingerprint density at radius 3 is 2.33 bits per heavy atom. The van der Waals surface area contributed by atoms with E-state index in [1.165, 1.54) is 6.92 Å². The quantitative estimate of drug-likeness (QED) is 0.158. The number of nitrogens with zero attached hydrogens (tertiary/aromatic N) is 3. The van der Waals surface area contributed by atoms with E-state index >= 15 is 4.39 Å². The monoisotopic (exact) mass is 767 g/mol. The van der Waals surface area contributed by atoms with Crippen LogP contribution in [0.5, 0.6) is 0 Å². The summed E-state index contributed by atoms with van der Waals surface area (Å²) in [7, 11) is 4.00. The number of rotatable bonds is 8. The van der Waals surface area contributed by atoms with Gasteiger partial charge in [0, 0.05) is 47.8 Å². The number of hydrogen-bond acceptors (Lipinski definition) is 10. The van der Waals surface area contributed by atoms with Crippen LogP contribution in [-0.2, 0) is 39.8 Å². The molecule has 13 atom stereocenters. The highest BCUT2D eigenvalue weighted by molar-refractivity contribution is 6.07. The number of aromatic nitrogens is 1. The summed E-state index contributed by atoms with van der Waals surface area (Å²) in [5.74, 6) is -5.30. The molecule has 0 N–H and O–H groups in total. The fourth-order valence-electron chi connectivity index (χ4n) is 9.38. The van der Waals surface area contributed by atoms with Gasteiger partial charge >= 0.3 is 12.1 Å². The molecule has 0 bridgehead atoms. The summed E-state index contributed by atoms with van der Waals surface area (Å²) in [6.45, 7) is 15.4. The molecule has 0 radical (unpaired) electrons. The predicted octanol–water partition coefficient (Wildman–Crippen LogP) is 6.97. The first kappa shape index (κ1) is 42.7. The first-order valence-electron chi connectivity index (χ1n) is 20.1. The van der Waals surface area contributed by atoms with Gasteiger partial charge in [-0.25, -0.2) is 14.0 Å². The van der Waals surface area contributed by atoms with Crippen molar-refractivity contribution in [2.24, 2.45) is 29.6 Å². The summed E-state index contributed by atoms with van der Waals surface area (Å²) in [5.41, 5.74) is -2.47. The third-order valence-electron chi connectivity index (χ3n) is 12.8. The smallest absolute Gasteiger partial charge is 0.410 e. The Hall–Kier alpha value is -3.48. The number of fused-ring (bicyclic) bond motifs is 2. The molecule has 11 nitrogen and oxygen atoms in total. The van der Waals surface area contributed by atoms with E-state index < -0.39 is 77.3 Å². The fraction of sp³-hybridized carbons (Fsp3) is 0.698. The maximum absolute atomic E-state index is 16.6. The Morgan fingerprint density at radius 1 is 0.945 bits per heavy atom. The molecule has 3 saturated heterocycles. The number of halogens is 1. The van der Waals surface area contributed by atoms with Gasteiger partial charge < -0.3 is 28.7 Å². The molecular weight excluding hydrogens is 705 g/mol. The number of esters is 1. The van der Waals surface area contributed by atoms with Crippen molar-refractivity contribution in [3.63, 3.8) is 0 Å². The Kier molecular flexibility index (Phi) is 13.1. The lowest BCUT2D eigenvalue weighted by molar-refractivity contribution is -0.259. The summed E-state index contributed by atoms with van der Waals surface area (Å²) in [5, 5.41) is 1.08. The van der Waals surface area contributed by atoms with Crippen LogP contribution in [0.25, 0.3) is 10.9 Å². The molecule has 5 rings (SSSR count). The zero-order chi connectivity index (χ0) is 40.6. The van der Waals surface area contributed by atoms with E-state index in [-0.39, 0.29) is 23.8 Å². The number of hydrogen-bond donors (Lipinski definition) is 0. The van der Waals surface area contributed by atoms with Crippen molar-refractivity contribution in [1.29, 1.82) is 0 Å². The molecule has 304 valence electrons. The minimum atomic E-state index is -3.03. The van der Waals surface area contributed by atoms with Crippen LogP contribution < -0.4 is 0 Å². The maximum Gasteiger partial charge on any atom is 0.410 e.